The predicted molar refractivity (Wildman–Crippen MR) is 74.2 cm³/mol. The number of carbonyl (C=O) groups is 2. The van der Waals surface area contributed by atoms with Gasteiger partial charge in [-0.2, -0.15) is 0 Å². The number of nitrogens with zero attached hydrogens (tertiary/aromatic N) is 2. The molecule has 2 aliphatic heterocycles. The zero-order valence-electron chi connectivity index (χ0n) is 12.2. The zero-order valence-corrected chi connectivity index (χ0v) is 12.2. The first-order chi connectivity index (χ1) is 9.66. The molecule has 2 saturated heterocycles. The second-order valence-electron chi connectivity index (χ2n) is 6.49. The highest BCUT2D eigenvalue weighted by Crippen LogP contribution is 2.32. The van der Waals surface area contributed by atoms with Crippen molar-refractivity contribution in [2.24, 2.45) is 11.8 Å². The molecule has 0 aromatic rings. The summed E-state index contributed by atoms with van der Waals surface area (Å²) in [6.45, 7) is 2.11. The van der Waals surface area contributed by atoms with Gasteiger partial charge >= 0.3 is 6.03 Å². The lowest BCUT2D eigenvalue weighted by atomic mass is 9.84. The van der Waals surface area contributed by atoms with Gasteiger partial charge in [0.1, 0.15) is 6.04 Å². The van der Waals surface area contributed by atoms with Crippen molar-refractivity contribution in [3.05, 3.63) is 0 Å². The van der Waals surface area contributed by atoms with Crippen LogP contribution in [0, 0.1) is 11.8 Å². The molecular weight excluding hydrogens is 256 g/mol. The quantitative estimate of drug-likeness (QED) is 0.739. The molecule has 3 rings (SSSR count). The van der Waals surface area contributed by atoms with Gasteiger partial charge in [-0.05, 0) is 12.3 Å². The topological polar surface area (TPSA) is 49.9 Å². The fourth-order valence-corrected chi connectivity index (χ4v) is 3.62. The fourth-order valence-electron chi connectivity index (χ4n) is 3.62. The summed E-state index contributed by atoms with van der Waals surface area (Å²) in [5, 5.41) is 0. The van der Waals surface area contributed by atoms with Crippen molar-refractivity contribution >= 4 is 11.9 Å². The Morgan fingerprint density at radius 1 is 1.10 bits per heavy atom. The molecule has 3 amide bonds. The second kappa shape index (κ2) is 5.72. The van der Waals surface area contributed by atoms with Crippen molar-refractivity contribution in [3.63, 3.8) is 0 Å². The van der Waals surface area contributed by atoms with Gasteiger partial charge in [0, 0.05) is 19.5 Å². The highest BCUT2D eigenvalue weighted by Gasteiger charge is 2.45. The number of carbonyl (C=O) groups excluding carboxylic acids is 2. The van der Waals surface area contributed by atoms with Crippen LogP contribution in [-0.4, -0.2) is 54.6 Å². The molecule has 2 heterocycles. The first kappa shape index (κ1) is 13.9. The monoisotopic (exact) mass is 280 g/mol. The van der Waals surface area contributed by atoms with Gasteiger partial charge in [0.05, 0.1) is 13.2 Å². The summed E-state index contributed by atoms with van der Waals surface area (Å²) in [5.74, 6) is 1.00. The van der Waals surface area contributed by atoms with Crippen LogP contribution in [0.25, 0.3) is 0 Å². The number of imide groups is 1. The lowest BCUT2D eigenvalue weighted by Crippen LogP contribution is -2.45. The number of ether oxygens (including phenoxy) is 1. The summed E-state index contributed by atoms with van der Waals surface area (Å²) >= 11 is 0. The van der Waals surface area contributed by atoms with Crippen LogP contribution in [0.1, 0.15) is 38.5 Å². The maximum atomic E-state index is 12.3. The Morgan fingerprint density at radius 3 is 2.40 bits per heavy atom. The molecule has 3 aliphatic rings. The van der Waals surface area contributed by atoms with Gasteiger partial charge in [0.25, 0.3) is 5.91 Å². The van der Waals surface area contributed by atoms with Gasteiger partial charge in [-0.1, -0.05) is 32.1 Å². The lowest BCUT2D eigenvalue weighted by Gasteiger charge is -2.33. The van der Waals surface area contributed by atoms with E-state index in [9.17, 15) is 9.59 Å². The number of likely N-dealkylation sites (N-methyl/N-ethyl adjacent to an activating group) is 1. The molecular formula is C15H24N2O3. The molecule has 0 aromatic carbocycles. The Morgan fingerprint density at radius 2 is 1.80 bits per heavy atom. The summed E-state index contributed by atoms with van der Waals surface area (Å²) in [7, 11) is 1.61. The molecule has 1 saturated carbocycles. The largest absolute Gasteiger partial charge is 0.381 e. The van der Waals surface area contributed by atoms with Crippen molar-refractivity contribution in [2.45, 2.75) is 44.6 Å². The van der Waals surface area contributed by atoms with Gasteiger partial charge in [-0.3, -0.25) is 9.69 Å². The predicted octanol–water partition coefficient (Wildman–Crippen LogP) is 1.87. The molecule has 20 heavy (non-hydrogen) atoms. The highest BCUT2D eigenvalue weighted by molar-refractivity contribution is 6.03. The molecule has 3 fully saturated rings. The summed E-state index contributed by atoms with van der Waals surface area (Å²) in [5.41, 5.74) is 0. The van der Waals surface area contributed by atoms with Gasteiger partial charge in [-0.25, -0.2) is 4.79 Å². The summed E-state index contributed by atoms with van der Waals surface area (Å²) in [4.78, 5) is 27.6. The van der Waals surface area contributed by atoms with E-state index in [0.29, 0.717) is 18.4 Å². The van der Waals surface area contributed by atoms with E-state index >= 15 is 0 Å². The van der Waals surface area contributed by atoms with Crippen LogP contribution in [0.3, 0.4) is 0 Å². The van der Waals surface area contributed by atoms with E-state index in [2.05, 4.69) is 0 Å². The van der Waals surface area contributed by atoms with Crippen LogP contribution in [0.4, 0.5) is 4.79 Å². The Hall–Kier alpha value is -1.10. The summed E-state index contributed by atoms with van der Waals surface area (Å²) in [6.07, 6.45) is 7.13. The van der Waals surface area contributed by atoms with E-state index in [4.69, 9.17) is 4.74 Å². The first-order valence-corrected chi connectivity index (χ1v) is 7.82. The minimum absolute atomic E-state index is 0.0131. The molecule has 1 aliphatic carbocycles. The molecule has 0 bridgehead atoms. The third-order valence-corrected chi connectivity index (χ3v) is 4.97. The molecule has 0 N–H and O–H groups in total. The van der Waals surface area contributed by atoms with Crippen molar-refractivity contribution in [1.82, 2.24) is 9.80 Å². The second-order valence-corrected chi connectivity index (χ2v) is 6.49. The maximum Gasteiger partial charge on any atom is 0.327 e. The maximum absolute atomic E-state index is 12.3. The number of hydrogen-bond donors (Lipinski definition) is 0. The van der Waals surface area contributed by atoms with Crippen LogP contribution in [0.5, 0.6) is 0 Å². The van der Waals surface area contributed by atoms with Crippen molar-refractivity contribution in [3.8, 4) is 0 Å². The first-order valence-electron chi connectivity index (χ1n) is 7.82. The molecule has 0 spiro atoms. The van der Waals surface area contributed by atoms with Crippen molar-refractivity contribution in [1.29, 1.82) is 0 Å². The smallest absolute Gasteiger partial charge is 0.327 e. The van der Waals surface area contributed by atoms with Crippen molar-refractivity contribution < 1.29 is 14.3 Å². The van der Waals surface area contributed by atoms with Gasteiger partial charge in [0.2, 0.25) is 0 Å². The van der Waals surface area contributed by atoms with E-state index in [1.165, 1.54) is 37.0 Å². The normalized spacial score (nSPS) is 29.1. The molecule has 0 radical (unpaired) electrons. The van der Waals surface area contributed by atoms with Crippen LogP contribution in [-0.2, 0) is 9.53 Å². The SMILES string of the molecule is CN1C(=O)C(CC2CCCCC2)N(CC2COC2)C1=O. The van der Waals surface area contributed by atoms with Crippen LogP contribution in [0.2, 0.25) is 0 Å². The Bertz CT molecular complexity index is 389. The number of hydrogen-bond acceptors (Lipinski definition) is 3. The van der Waals surface area contributed by atoms with Gasteiger partial charge < -0.3 is 9.64 Å². The number of urea groups is 1. The summed E-state index contributed by atoms with van der Waals surface area (Å²) < 4.78 is 5.18. The molecule has 1 atom stereocenters. The van der Waals surface area contributed by atoms with E-state index in [0.717, 1.165) is 19.6 Å². The minimum Gasteiger partial charge on any atom is -0.381 e. The van der Waals surface area contributed by atoms with E-state index in [1.807, 2.05) is 0 Å². The van der Waals surface area contributed by atoms with Crippen LogP contribution in [0.15, 0.2) is 0 Å². The van der Waals surface area contributed by atoms with E-state index < -0.39 is 0 Å². The molecule has 112 valence electrons. The number of rotatable bonds is 4. The van der Waals surface area contributed by atoms with Crippen molar-refractivity contribution in [2.75, 3.05) is 26.8 Å². The molecule has 1 unspecified atom stereocenters. The Labute approximate surface area is 120 Å². The summed E-state index contributed by atoms with van der Waals surface area (Å²) in [6, 6.07) is -0.348. The van der Waals surface area contributed by atoms with Crippen LogP contribution >= 0.6 is 0 Å². The highest BCUT2D eigenvalue weighted by atomic mass is 16.5. The molecule has 5 nitrogen and oxygen atoms in total. The Balaban J connectivity index is 1.66. The minimum atomic E-state index is -0.226. The Kier molecular flexibility index (Phi) is 3.96. The molecule has 0 aromatic heterocycles. The molecule has 5 heteroatoms. The third kappa shape index (κ3) is 2.55. The lowest BCUT2D eigenvalue weighted by molar-refractivity contribution is -0.128. The number of amides is 3. The average molecular weight is 280 g/mol. The van der Waals surface area contributed by atoms with Gasteiger partial charge in [0.15, 0.2) is 0 Å². The standard InChI is InChI=1S/C15H24N2O3/c1-16-14(18)13(7-11-5-3-2-4-6-11)17(15(16)19)8-12-9-20-10-12/h11-13H,2-10H2,1H3. The van der Waals surface area contributed by atoms with Gasteiger partial charge in [-0.15, -0.1) is 0 Å². The third-order valence-electron chi connectivity index (χ3n) is 4.97. The average Bonchev–Trinajstić information content (AvgIpc) is 2.61. The van der Waals surface area contributed by atoms with Crippen LogP contribution < -0.4 is 0 Å². The fraction of sp³-hybridized carbons (Fsp3) is 0.867. The van der Waals surface area contributed by atoms with E-state index in [1.54, 1.807) is 11.9 Å². The zero-order chi connectivity index (χ0) is 14.1. The van der Waals surface area contributed by atoms with E-state index in [-0.39, 0.29) is 18.0 Å².